The summed E-state index contributed by atoms with van der Waals surface area (Å²) in [4.78, 5) is 0. The van der Waals surface area contributed by atoms with Crippen molar-refractivity contribution in [3.8, 4) is 0 Å². The highest BCUT2D eigenvalue weighted by molar-refractivity contribution is 5.30. The van der Waals surface area contributed by atoms with Crippen LogP contribution in [0.2, 0.25) is 0 Å². The number of rotatable bonds is 3. The maximum Gasteiger partial charge on any atom is 0.102 e. The molecule has 0 saturated heterocycles. The van der Waals surface area contributed by atoms with E-state index in [2.05, 4.69) is 23.2 Å². The summed E-state index contributed by atoms with van der Waals surface area (Å²) in [6, 6.07) is 1.98. The van der Waals surface area contributed by atoms with E-state index < -0.39 is 6.10 Å². The first-order valence-corrected chi connectivity index (χ1v) is 7.42. The number of aliphatic hydroxyl groups is 1. The van der Waals surface area contributed by atoms with Crippen LogP contribution in [-0.2, 0) is 6.42 Å². The van der Waals surface area contributed by atoms with E-state index in [9.17, 15) is 5.11 Å². The monoisotopic (exact) mass is 260 g/mol. The largest absolute Gasteiger partial charge is 0.384 e. The van der Waals surface area contributed by atoms with Gasteiger partial charge in [-0.2, -0.15) is 10.2 Å². The first-order chi connectivity index (χ1) is 9.22. The maximum absolute atomic E-state index is 10.7. The molecule has 1 aromatic heterocycles. The number of allylic oxidation sites excluding steroid dienone is 1. The average molecular weight is 260 g/mol. The molecule has 3 heteroatoms. The second kappa shape index (κ2) is 6.80. The smallest absolute Gasteiger partial charge is 0.102 e. The molecule has 0 radical (unpaired) electrons. The first kappa shape index (κ1) is 14.2. The molecular weight excluding hydrogens is 236 g/mol. The van der Waals surface area contributed by atoms with Crippen LogP contribution in [0.1, 0.15) is 68.5 Å². The molecule has 0 saturated carbocycles. The van der Waals surface area contributed by atoms with E-state index in [0.717, 1.165) is 36.2 Å². The summed E-state index contributed by atoms with van der Waals surface area (Å²) < 4.78 is 0. The number of aryl methyl sites for hydroxylation is 2. The van der Waals surface area contributed by atoms with Crippen LogP contribution in [-0.4, -0.2) is 15.3 Å². The molecule has 0 aromatic carbocycles. The van der Waals surface area contributed by atoms with Gasteiger partial charge in [0, 0.05) is 5.56 Å². The van der Waals surface area contributed by atoms with Crippen LogP contribution in [0.3, 0.4) is 0 Å². The topological polar surface area (TPSA) is 46.0 Å². The van der Waals surface area contributed by atoms with Gasteiger partial charge in [0.1, 0.15) is 6.10 Å². The Balaban J connectivity index is 2.26. The van der Waals surface area contributed by atoms with Gasteiger partial charge >= 0.3 is 0 Å². The van der Waals surface area contributed by atoms with E-state index in [4.69, 9.17) is 0 Å². The molecule has 1 atom stereocenters. The molecule has 0 amide bonds. The van der Waals surface area contributed by atoms with Crippen molar-refractivity contribution < 1.29 is 5.11 Å². The second-order valence-electron chi connectivity index (χ2n) is 5.38. The minimum absolute atomic E-state index is 0.498. The highest BCUT2D eigenvalue weighted by Crippen LogP contribution is 2.30. The average Bonchev–Trinajstić information content (AvgIpc) is 2.37. The number of nitrogens with zero attached hydrogens (tertiary/aromatic N) is 2. The van der Waals surface area contributed by atoms with Crippen LogP contribution in [0.15, 0.2) is 17.7 Å². The Morgan fingerprint density at radius 1 is 1.21 bits per heavy atom. The van der Waals surface area contributed by atoms with Crippen LogP contribution in [0.25, 0.3) is 0 Å². The molecule has 0 bridgehead atoms. The van der Waals surface area contributed by atoms with E-state index in [1.54, 1.807) is 0 Å². The Labute approximate surface area is 115 Å². The fourth-order valence-corrected chi connectivity index (χ4v) is 2.71. The van der Waals surface area contributed by atoms with Crippen molar-refractivity contribution in [2.75, 3.05) is 0 Å². The van der Waals surface area contributed by atoms with Crippen LogP contribution >= 0.6 is 0 Å². The van der Waals surface area contributed by atoms with Gasteiger partial charge in [0.2, 0.25) is 0 Å². The van der Waals surface area contributed by atoms with E-state index >= 15 is 0 Å². The summed E-state index contributed by atoms with van der Waals surface area (Å²) in [6.07, 6.45) is 9.66. The van der Waals surface area contributed by atoms with Gasteiger partial charge in [-0.1, -0.05) is 25.8 Å². The predicted molar refractivity (Wildman–Crippen MR) is 76.9 cm³/mol. The lowest BCUT2D eigenvalue weighted by Gasteiger charge is -2.19. The molecule has 2 rings (SSSR count). The molecule has 104 valence electrons. The molecule has 19 heavy (non-hydrogen) atoms. The van der Waals surface area contributed by atoms with Crippen molar-refractivity contribution in [2.24, 2.45) is 0 Å². The summed E-state index contributed by atoms with van der Waals surface area (Å²) >= 11 is 0. The van der Waals surface area contributed by atoms with Gasteiger partial charge in [-0.25, -0.2) is 0 Å². The Kier molecular flexibility index (Phi) is 5.08. The lowest BCUT2D eigenvalue weighted by atomic mass is 9.92. The van der Waals surface area contributed by atoms with Crippen LogP contribution in [0, 0.1) is 6.92 Å². The molecule has 0 fully saturated rings. The van der Waals surface area contributed by atoms with Gasteiger partial charge < -0.3 is 5.11 Å². The number of hydrogen-bond donors (Lipinski definition) is 1. The van der Waals surface area contributed by atoms with Crippen molar-refractivity contribution in [3.05, 3.63) is 34.7 Å². The molecule has 1 unspecified atom stereocenters. The Hall–Kier alpha value is -1.22. The van der Waals surface area contributed by atoms with Gasteiger partial charge in [0.05, 0.1) is 11.4 Å². The minimum Gasteiger partial charge on any atom is -0.384 e. The maximum atomic E-state index is 10.7. The third-order valence-electron chi connectivity index (χ3n) is 3.83. The zero-order valence-electron chi connectivity index (χ0n) is 12.0. The molecule has 1 heterocycles. The fraction of sp³-hybridized carbons (Fsp3) is 0.625. The lowest BCUT2D eigenvalue weighted by Crippen LogP contribution is -2.09. The molecule has 1 N–H and O–H groups in total. The first-order valence-electron chi connectivity index (χ1n) is 7.42. The summed E-state index contributed by atoms with van der Waals surface area (Å²) in [5.74, 6) is 0. The normalized spacial score (nSPS) is 18.4. The van der Waals surface area contributed by atoms with E-state index in [0.29, 0.717) is 0 Å². The SMILES string of the molecule is CCc1nnc(C)cc1C(O)C1=CCCCCCC1. The van der Waals surface area contributed by atoms with Gasteiger partial charge in [-0.3, -0.25) is 0 Å². The van der Waals surface area contributed by atoms with E-state index in [1.807, 2.05) is 13.0 Å². The summed E-state index contributed by atoms with van der Waals surface area (Å²) in [5, 5.41) is 19.0. The van der Waals surface area contributed by atoms with Gasteiger partial charge in [0.15, 0.2) is 0 Å². The van der Waals surface area contributed by atoms with Crippen LogP contribution < -0.4 is 0 Å². The number of aliphatic hydroxyl groups excluding tert-OH is 1. The van der Waals surface area contributed by atoms with Crippen molar-refractivity contribution in [3.63, 3.8) is 0 Å². The highest BCUT2D eigenvalue weighted by atomic mass is 16.3. The Morgan fingerprint density at radius 3 is 2.79 bits per heavy atom. The summed E-state index contributed by atoms with van der Waals surface area (Å²) in [6.45, 7) is 3.98. The zero-order valence-corrected chi connectivity index (χ0v) is 12.0. The fourth-order valence-electron chi connectivity index (χ4n) is 2.71. The minimum atomic E-state index is -0.498. The van der Waals surface area contributed by atoms with Crippen molar-refractivity contribution in [1.82, 2.24) is 10.2 Å². The molecule has 1 aliphatic rings. The Bertz CT molecular complexity index is 454. The molecule has 3 nitrogen and oxygen atoms in total. The predicted octanol–water partition coefficient (Wildman–Crippen LogP) is 3.66. The van der Waals surface area contributed by atoms with Crippen molar-refractivity contribution >= 4 is 0 Å². The van der Waals surface area contributed by atoms with Crippen LogP contribution in [0.4, 0.5) is 0 Å². The summed E-state index contributed by atoms with van der Waals surface area (Å²) in [5.41, 5.74) is 3.90. The quantitative estimate of drug-likeness (QED) is 0.844. The lowest BCUT2D eigenvalue weighted by molar-refractivity contribution is 0.207. The Morgan fingerprint density at radius 2 is 2.00 bits per heavy atom. The molecule has 0 aliphatic heterocycles. The van der Waals surface area contributed by atoms with Crippen LogP contribution in [0.5, 0.6) is 0 Å². The molecule has 0 spiro atoms. The van der Waals surface area contributed by atoms with E-state index in [-0.39, 0.29) is 0 Å². The number of aromatic nitrogens is 2. The highest BCUT2D eigenvalue weighted by Gasteiger charge is 2.18. The van der Waals surface area contributed by atoms with Gasteiger partial charge in [-0.15, -0.1) is 0 Å². The van der Waals surface area contributed by atoms with Gasteiger partial charge in [-0.05, 0) is 50.7 Å². The summed E-state index contributed by atoms with van der Waals surface area (Å²) in [7, 11) is 0. The molecular formula is C16H24N2O. The third-order valence-corrected chi connectivity index (χ3v) is 3.83. The molecule has 1 aromatic rings. The third kappa shape index (κ3) is 3.63. The second-order valence-corrected chi connectivity index (χ2v) is 5.38. The van der Waals surface area contributed by atoms with Gasteiger partial charge in [0.25, 0.3) is 0 Å². The van der Waals surface area contributed by atoms with E-state index in [1.165, 1.54) is 31.3 Å². The standard InChI is InChI=1S/C16H24N2O/c1-3-15-14(11-12(2)17-18-15)16(19)13-9-7-5-4-6-8-10-13/h9,11,16,19H,3-8,10H2,1-2H3. The number of hydrogen-bond acceptors (Lipinski definition) is 3. The zero-order chi connectivity index (χ0) is 13.7. The van der Waals surface area contributed by atoms with Crippen molar-refractivity contribution in [2.45, 2.75) is 64.9 Å². The van der Waals surface area contributed by atoms with Crippen molar-refractivity contribution in [1.29, 1.82) is 0 Å². The molecule has 1 aliphatic carbocycles.